The smallest absolute Gasteiger partial charge is 0.253 e. The summed E-state index contributed by atoms with van der Waals surface area (Å²) < 4.78 is 7.41. The minimum absolute atomic E-state index is 0.00838. The third-order valence-electron chi connectivity index (χ3n) is 4.23. The molecule has 19 heavy (non-hydrogen) atoms. The number of hydrogen-bond donors (Lipinski definition) is 1. The number of nitrogens with one attached hydrogen (secondary N) is 1. The number of amides is 1. The molecule has 1 N–H and O–H groups in total. The van der Waals surface area contributed by atoms with Crippen molar-refractivity contribution in [3.05, 3.63) is 36.3 Å². The Morgan fingerprint density at radius 1 is 1.47 bits per heavy atom. The molecule has 2 fully saturated rings. The van der Waals surface area contributed by atoms with Crippen molar-refractivity contribution in [2.75, 3.05) is 6.61 Å². The lowest BCUT2D eigenvalue weighted by atomic mass is 9.76. The number of nitrogens with zero attached hydrogens (tertiary/aromatic N) is 2. The molecule has 1 amide bonds. The number of pyridine rings is 1. The van der Waals surface area contributed by atoms with Crippen LogP contribution in [-0.2, 0) is 4.74 Å². The third kappa shape index (κ3) is 1.73. The first kappa shape index (κ1) is 11.0. The van der Waals surface area contributed by atoms with Crippen LogP contribution in [0.3, 0.4) is 0 Å². The van der Waals surface area contributed by atoms with Crippen molar-refractivity contribution in [1.82, 2.24) is 14.7 Å². The zero-order valence-electron chi connectivity index (χ0n) is 10.5. The number of hydrogen-bond acceptors (Lipinski definition) is 3. The summed E-state index contributed by atoms with van der Waals surface area (Å²) in [5, 5.41) is 3.11. The van der Waals surface area contributed by atoms with Crippen molar-refractivity contribution in [3.63, 3.8) is 0 Å². The summed E-state index contributed by atoms with van der Waals surface area (Å²) in [5.74, 6) is 0.506. The maximum atomic E-state index is 12.2. The predicted octanol–water partition coefficient (Wildman–Crippen LogP) is 1.24. The summed E-state index contributed by atoms with van der Waals surface area (Å²) in [5.41, 5.74) is 1.53. The molecule has 0 spiro atoms. The summed E-state index contributed by atoms with van der Waals surface area (Å²) in [6.45, 7) is 0.836. The largest absolute Gasteiger partial charge is 0.378 e. The lowest BCUT2D eigenvalue weighted by molar-refractivity contribution is 0.00809. The van der Waals surface area contributed by atoms with Crippen molar-refractivity contribution in [1.29, 1.82) is 0 Å². The highest BCUT2D eigenvalue weighted by Crippen LogP contribution is 2.38. The highest BCUT2D eigenvalue weighted by atomic mass is 16.5. The fraction of sp³-hybridized carbons (Fsp3) is 0.429. The van der Waals surface area contributed by atoms with Gasteiger partial charge in [-0.15, -0.1) is 0 Å². The zero-order valence-corrected chi connectivity index (χ0v) is 10.5. The minimum Gasteiger partial charge on any atom is -0.378 e. The molecule has 3 heterocycles. The molecular formula is C14H15N3O2. The quantitative estimate of drug-likeness (QED) is 0.880. The van der Waals surface area contributed by atoms with Crippen LogP contribution < -0.4 is 5.32 Å². The zero-order chi connectivity index (χ0) is 12.8. The van der Waals surface area contributed by atoms with Crippen molar-refractivity contribution >= 4 is 11.6 Å². The summed E-state index contributed by atoms with van der Waals surface area (Å²) in [6.07, 6.45) is 7.78. The normalized spacial score (nSPS) is 28.9. The van der Waals surface area contributed by atoms with E-state index >= 15 is 0 Å². The first-order chi connectivity index (χ1) is 9.31. The molecule has 1 aliphatic heterocycles. The van der Waals surface area contributed by atoms with Gasteiger partial charge in [0.2, 0.25) is 0 Å². The van der Waals surface area contributed by atoms with Gasteiger partial charge in [-0.3, -0.25) is 4.79 Å². The van der Waals surface area contributed by atoms with Gasteiger partial charge in [0.05, 0.1) is 11.7 Å². The standard InChI is InChI=1S/C14H15N3O2/c18-14(16-11-7-12-10(11)3-6-19-12)9-1-2-13-15-4-5-17(13)8-9/h1-2,4-5,8,10-12H,3,6-7H2,(H,16,18)/t10-,11-,12+/m1/s1. The average molecular weight is 257 g/mol. The molecule has 0 unspecified atom stereocenters. The number of fused-ring (bicyclic) bond motifs is 2. The number of aromatic nitrogens is 2. The number of carbonyl (C=O) groups excluding carboxylic acids is 1. The Morgan fingerprint density at radius 2 is 2.42 bits per heavy atom. The first-order valence-electron chi connectivity index (χ1n) is 6.66. The van der Waals surface area contributed by atoms with Gasteiger partial charge >= 0.3 is 0 Å². The highest BCUT2D eigenvalue weighted by molar-refractivity contribution is 5.94. The Bertz CT molecular complexity index is 636. The number of rotatable bonds is 2. The van der Waals surface area contributed by atoms with Gasteiger partial charge in [-0.25, -0.2) is 4.98 Å². The number of carbonyl (C=O) groups is 1. The van der Waals surface area contributed by atoms with Crippen LogP contribution in [0.5, 0.6) is 0 Å². The number of ether oxygens (including phenoxy) is 1. The van der Waals surface area contributed by atoms with Gasteiger partial charge in [0.1, 0.15) is 5.65 Å². The van der Waals surface area contributed by atoms with E-state index in [1.54, 1.807) is 6.20 Å². The van der Waals surface area contributed by atoms with Gasteiger partial charge in [-0.2, -0.15) is 0 Å². The molecule has 98 valence electrons. The molecule has 5 heteroatoms. The lowest BCUT2D eigenvalue weighted by Gasteiger charge is -2.39. The van der Waals surface area contributed by atoms with E-state index in [2.05, 4.69) is 10.3 Å². The fourth-order valence-corrected chi connectivity index (χ4v) is 3.07. The van der Waals surface area contributed by atoms with Crippen molar-refractivity contribution in [3.8, 4) is 0 Å². The second-order valence-electron chi connectivity index (χ2n) is 5.29. The second-order valence-corrected chi connectivity index (χ2v) is 5.29. The molecule has 0 aromatic carbocycles. The van der Waals surface area contributed by atoms with E-state index in [9.17, 15) is 4.79 Å². The first-order valence-corrected chi connectivity index (χ1v) is 6.66. The molecule has 1 saturated carbocycles. The van der Waals surface area contributed by atoms with Gasteiger partial charge in [0.25, 0.3) is 5.91 Å². The van der Waals surface area contributed by atoms with Crippen LogP contribution in [0.2, 0.25) is 0 Å². The van der Waals surface area contributed by atoms with Gasteiger partial charge in [0.15, 0.2) is 0 Å². The van der Waals surface area contributed by atoms with Crippen LogP contribution in [0, 0.1) is 5.92 Å². The maximum Gasteiger partial charge on any atom is 0.253 e. The molecule has 5 nitrogen and oxygen atoms in total. The van der Waals surface area contributed by atoms with Crippen LogP contribution in [0.25, 0.3) is 5.65 Å². The Morgan fingerprint density at radius 3 is 3.32 bits per heavy atom. The van der Waals surface area contributed by atoms with Crippen LogP contribution in [0.15, 0.2) is 30.7 Å². The van der Waals surface area contributed by atoms with Crippen LogP contribution in [0.4, 0.5) is 0 Å². The van der Waals surface area contributed by atoms with E-state index in [0.717, 1.165) is 25.1 Å². The molecule has 2 aromatic rings. The topological polar surface area (TPSA) is 55.6 Å². The Kier molecular flexibility index (Phi) is 2.35. The molecule has 2 aliphatic rings. The van der Waals surface area contributed by atoms with E-state index in [0.29, 0.717) is 17.6 Å². The third-order valence-corrected chi connectivity index (χ3v) is 4.23. The number of imidazole rings is 1. The van der Waals surface area contributed by atoms with Crippen LogP contribution in [0.1, 0.15) is 23.2 Å². The van der Waals surface area contributed by atoms with Crippen molar-refractivity contribution in [2.24, 2.45) is 5.92 Å². The summed E-state index contributed by atoms with van der Waals surface area (Å²) in [4.78, 5) is 16.4. The Hall–Kier alpha value is -1.88. The van der Waals surface area contributed by atoms with Gasteiger partial charge in [0, 0.05) is 37.2 Å². The molecule has 2 aromatic heterocycles. The summed E-state index contributed by atoms with van der Waals surface area (Å²) in [6, 6.07) is 3.95. The minimum atomic E-state index is -0.00838. The van der Waals surface area contributed by atoms with E-state index in [1.807, 2.05) is 28.9 Å². The van der Waals surface area contributed by atoms with E-state index in [4.69, 9.17) is 4.74 Å². The fourth-order valence-electron chi connectivity index (χ4n) is 3.07. The summed E-state index contributed by atoms with van der Waals surface area (Å²) in [7, 11) is 0. The monoisotopic (exact) mass is 257 g/mol. The van der Waals surface area contributed by atoms with Crippen LogP contribution in [-0.4, -0.2) is 34.0 Å². The average Bonchev–Trinajstić information content (AvgIpc) is 3.00. The molecule has 1 aliphatic carbocycles. The SMILES string of the molecule is O=C(N[C@@H]1C[C@@H]2OCC[C@@H]21)c1ccc2nccn2c1. The van der Waals surface area contributed by atoms with Gasteiger partial charge in [-0.1, -0.05) is 0 Å². The molecular weight excluding hydrogens is 242 g/mol. The lowest BCUT2D eigenvalue weighted by Crippen LogP contribution is -2.53. The van der Waals surface area contributed by atoms with Crippen molar-refractivity contribution in [2.45, 2.75) is 25.0 Å². The van der Waals surface area contributed by atoms with E-state index in [-0.39, 0.29) is 11.9 Å². The van der Waals surface area contributed by atoms with Gasteiger partial charge < -0.3 is 14.5 Å². The van der Waals surface area contributed by atoms with Crippen molar-refractivity contribution < 1.29 is 9.53 Å². The summed E-state index contributed by atoms with van der Waals surface area (Å²) >= 11 is 0. The molecule has 4 rings (SSSR count). The molecule has 3 atom stereocenters. The molecule has 0 bridgehead atoms. The molecule has 1 saturated heterocycles. The highest BCUT2D eigenvalue weighted by Gasteiger charge is 2.45. The van der Waals surface area contributed by atoms with E-state index < -0.39 is 0 Å². The van der Waals surface area contributed by atoms with Gasteiger partial charge in [-0.05, 0) is 25.0 Å². The molecule has 0 radical (unpaired) electrons. The maximum absolute atomic E-state index is 12.2. The Labute approximate surface area is 110 Å². The van der Waals surface area contributed by atoms with Crippen LogP contribution >= 0.6 is 0 Å². The Balaban J connectivity index is 1.50. The van der Waals surface area contributed by atoms with E-state index in [1.165, 1.54) is 0 Å². The predicted molar refractivity (Wildman–Crippen MR) is 68.9 cm³/mol. The second kappa shape index (κ2) is 4.06.